The Hall–Kier alpha value is -2.97. The second-order valence-corrected chi connectivity index (χ2v) is 6.97. The summed E-state index contributed by atoms with van der Waals surface area (Å²) in [5, 5.41) is 28.1. The predicted octanol–water partition coefficient (Wildman–Crippen LogP) is 3.69. The van der Waals surface area contributed by atoms with Gasteiger partial charge in [0.2, 0.25) is 0 Å². The van der Waals surface area contributed by atoms with E-state index < -0.39 is 11.0 Å². The molecule has 1 aliphatic rings. The maximum absolute atomic E-state index is 11.1. The van der Waals surface area contributed by atoms with Gasteiger partial charge in [0, 0.05) is 5.56 Å². The van der Waals surface area contributed by atoms with Gasteiger partial charge in [-0.15, -0.1) is 0 Å². The van der Waals surface area contributed by atoms with Gasteiger partial charge < -0.3 is 5.11 Å². The molecule has 1 fully saturated rings. The van der Waals surface area contributed by atoms with Crippen molar-refractivity contribution in [1.29, 1.82) is 5.26 Å². The van der Waals surface area contributed by atoms with Gasteiger partial charge >= 0.3 is 0 Å². The van der Waals surface area contributed by atoms with E-state index in [1.807, 2.05) is 60.7 Å². The van der Waals surface area contributed by atoms with E-state index >= 15 is 0 Å². The molecule has 0 amide bonds. The van der Waals surface area contributed by atoms with Gasteiger partial charge in [-0.3, -0.25) is 5.10 Å². The Balaban J connectivity index is 1.57. The van der Waals surface area contributed by atoms with E-state index in [4.69, 9.17) is 0 Å². The van der Waals surface area contributed by atoms with Crippen molar-refractivity contribution >= 4 is 0 Å². The summed E-state index contributed by atoms with van der Waals surface area (Å²) in [6.45, 7) is 0. The molecule has 0 radical (unpaired) electrons. The topological polar surface area (TPSA) is 85.6 Å². The zero-order chi connectivity index (χ0) is 18.0. The van der Waals surface area contributed by atoms with Crippen LogP contribution in [0.15, 0.2) is 60.7 Å². The molecule has 1 saturated carbocycles. The molecule has 5 heteroatoms. The first kappa shape index (κ1) is 16.5. The minimum absolute atomic E-state index is 0.413. The fourth-order valence-corrected chi connectivity index (χ4v) is 3.73. The number of benzene rings is 2. The Kier molecular flexibility index (Phi) is 4.06. The van der Waals surface area contributed by atoms with Crippen LogP contribution >= 0.6 is 0 Å². The quantitative estimate of drug-likeness (QED) is 0.759. The molecule has 1 aliphatic carbocycles. The molecule has 130 valence electrons. The summed E-state index contributed by atoms with van der Waals surface area (Å²) in [6, 6.07) is 22.1. The Morgan fingerprint density at radius 3 is 2.15 bits per heavy atom. The first-order valence-electron chi connectivity index (χ1n) is 8.83. The summed E-state index contributed by atoms with van der Waals surface area (Å²) in [7, 11) is 0. The van der Waals surface area contributed by atoms with Crippen molar-refractivity contribution in [3.63, 3.8) is 0 Å². The lowest BCUT2D eigenvalue weighted by molar-refractivity contribution is -0.0212. The van der Waals surface area contributed by atoms with E-state index in [1.165, 1.54) is 0 Å². The molecule has 0 saturated heterocycles. The molecule has 1 aromatic heterocycles. The van der Waals surface area contributed by atoms with Gasteiger partial charge in [-0.2, -0.15) is 10.4 Å². The fourth-order valence-electron chi connectivity index (χ4n) is 3.73. The zero-order valence-corrected chi connectivity index (χ0v) is 14.4. The van der Waals surface area contributed by atoms with Crippen molar-refractivity contribution in [3.8, 4) is 17.5 Å². The van der Waals surface area contributed by atoms with Gasteiger partial charge in [-0.25, -0.2) is 4.98 Å². The third-order valence-electron chi connectivity index (χ3n) is 5.42. The molecule has 0 spiro atoms. The Morgan fingerprint density at radius 1 is 0.923 bits per heavy atom. The highest BCUT2D eigenvalue weighted by atomic mass is 16.3. The molecule has 1 heterocycles. The molecule has 2 N–H and O–H groups in total. The van der Waals surface area contributed by atoms with Gasteiger partial charge in [0.25, 0.3) is 0 Å². The van der Waals surface area contributed by atoms with Crippen LogP contribution in [-0.2, 0) is 11.0 Å². The fraction of sp³-hybridized carbons (Fsp3) is 0.286. The second kappa shape index (κ2) is 6.40. The van der Waals surface area contributed by atoms with Gasteiger partial charge in [0.1, 0.15) is 5.60 Å². The lowest BCUT2D eigenvalue weighted by atomic mass is 9.66. The molecule has 0 aliphatic heterocycles. The number of aliphatic hydroxyl groups is 1. The normalized spacial score (nSPS) is 25.5. The lowest BCUT2D eigenvalue weighted by Gasteiger charge is -2.39. The molecule has 0 atom stereocenters. The summed E-state index contributed by atoms with van der Waals surface area (Å²) in [5.74, 6) is 1.06. The smallest absolute Gasteiger partial charge is 0.182 e. The summed E-state index contributed by atoms with van der Waals surface area (Å²) in [6.07, 6.45) is 2.08. The van der Waals surface area contributed by atoms with Crippen molar-refractivity contribution in [1.82, 2.24) is 15.2 Å². The standard InChI is InChI=1S/C21H20N4O/c22-15-20(17-9-5-2-6-10-17)11-13-21(26,14-12-20)19-23-18(24-25-19)16-7-3-1-4-8-16/h1-10,26H,11-14H2,(H,23,24,25). The highest BCUT2D eigenvalue weighted by molar-refractivity contribution is 5.54. The Bertz CT molecular complexity index is 919. The van der Waals surface area contributed by atoms with Crippen molar-refractivity contribution in [3.05, 3.63) is 72.1 Å². The van der Waals surface area contributed by atoms with Crippen molar-refractivity contribution in [2.75, 3.05) is 0 Å². The van der Waals surface area contributed by atoms with Gasteiger partial charge in [0.15, 0.2) is 11.6 Å². The van der Waals surface area contributed by atoms with E-state index in [2.05, 4.69) is 21.3 Å². The number of nitriles is 1. The first-order chi connectivity index (χ1) is 12.7. The third kappa shape index (κ3) is 2.79. The number of nitrogens with zero attached hydrogens (tertiary/aromatic N) is 3. The number of aromatic nitrogens is 3. The van der Waals surface area contributed by atoms with Crippen LogP contribution in [0.5, 0.6) is 0 Å². The van der Waals surface area contributed by atoms with E-state index in [0.29, 0.717) is 37.3 Å². The Morgan fingerprint density at radius 2 is 1.54 bits per heavy atom. The summed E-state index contributed by atoms with van der Waals surface area (Å²) >= 11 is 0. The van der Waals surface area contributed by atoms with Crippen molar-refractivity contribution in [2.24, 2.45) is 0 Å². The number of rotatable bonds is 3. The minimum atomic E-state index is -1.10. The average molecular weight is 344 g/mol. The van der Waals surface area contributed by atoms with E-state index in [-0.39, 0.29) is 0 Å². The molecule has 26 heavy (non-hydrogen) atoms. The molecular weight excluding hydrogens is 324 g/mol. The van der Waals surface area contributed by atoms with E-state index in [9.17, 15) is 10.4 Å². The SMILES string of the molecule is N#CC1(c2ccccc2)CCC(O)(c2n[nH]c(-c3ccccc3)n2)CC1. The van der Waals surface area contributed by atoms with Crippen LogP contribution in [0.25, 0.3) is 11.4 Å². The average Bonchev–Trinajstić information content (AvgIpc) is 3.22. The zero-order valence-electron chi connectivity index (χ0n) is 14.4. The van der Waals surface area contributed by atoms with Crippen molar-refractivity contribution in [2.45, 2.75) is 36.7 Å². The van der Waals surface area contributed by atoms with Crippen molar-refractivity contribution < 1.29 is 5.11 Å². The monoisotopic (exact) mass is 344 g/mol. The van der Waals surface area contributed by atoms with Gasteiger partial charge in [-0.05, 0) is 31.2 Å². The van der Waals surface area contributed by atoms with Crippen LogP contribution < -0.4 is 0 Å². The van der Waals surface area contributed by atoms with Gasteiger partial charge in [-0.1, -0.05) is 60.7 Å². The van der Waals surface area contributed by atoms with Crippen LogP contribution in [0.3, 0.4) is 0 Å². The minimum Gasteiger partial charge on any atom is -0.382 e. The predicted molar refractivity (Wildman–Crippen MR) is 97.9 cm³/mol. The molecule has 4 rings (SSSR count). The lowest BCUT2D eigenvalue weighted by Crippen LogP contribution is -2.39. The van der Waals surface area contributed by atoms with Gasteiger partial charge in [0.05, 0.1) is 11.5 Å². The maximum atomic E-state index is 11.1. The molecule has 3 aromatic rings. The number of nitrogens with one attached hydrogen (secondary N) is 1. The largest absolute Gasteiger partial charge is 0.382 e. The van der Waals surface area contributed by atoms with Crippen LogP contribution in [0, 0.1) is 11.3 Å². The van der Waals surface area contributed by atoms with Crippen LogP contribution in [0.4, 0.5) is 0 Å². The molecule has 0 unspecified atom stereocenters. The summed E-state index contributed by atoms with van der Waals surface area (Å²) in [5.41, 5.74) is 0.302. The molecule has 0 bridgehead atoms. The van der Waals surface area contributed by atoms with Crippen LogP contribution in [0.2, 0.25) is 0 Å². The van der Waals surface area contributed by atoms with Crippen LogP contribution in [-0.4, -0.2) is 20.3 Å². The van der Waals surface area contributed by atoms with E-state index in [1.54, 1.807) is 0 Å². The number of hydrogen-bond donors (Lipinski definition) is 2. The third-order valence-corrected chi connectivity index (χ3v) is 5.42. The molecular formula is C21H20N4O. The highest BCUT2D eigenvalue weighted by Gasteiger charge is 2.45. The van der Waals surface area contributed by atoms with Crippen LogP contribution in [0.1, 0.15) is 37.1 Å². The number of aromatic amines is 1. The Labute approximate surface area is 152 Å². The maximum Gasteiger partial charge on any atom is 0.182 e. The molecule has 5 nitrogen and oxygen atoms in total. The summed E-state index contributed by atoms with van der Waals surface area (Å²) < 4.78 is 0. The summed E-state index contributed by atoms with van der Waals surface area (Å²) in [4.78, 5) is 4.52. The second-order valence-electron chi connectivity index (χ2n) is 6.97. The number of hydrogen-bond acceptors (Lipinski definition) is 4. The van der Waals surface area contributed by atoms with E-state index in [0.717, 1.165) is 11.1 Å². The molecule has 2 aromatic carbocycles. The highest BCUT2D eigenvalue weighted by Crippen LogP contribution is 2.46. The number of H-pyrrole nitrogens is 1. The first-order valence-corrected chi connectivity index (χ1v) is 8.83.